The number of allylic oxidation sites excluding steroid dienone is 1. The van der Waals surface area contributed by atoms with Gasteiger partial charge in [-0.15, -0.1) is 0 Å². The lowest BCUT2D eigenvalue weighted by Crippen LogP contribution is -1.87. The van der Waals surface area contributed by atoms with Crippen molar-refractivity contribution < 1.29 is 4.74 Å². The van der Waals surface area contributed by atoms with Gasteiger partial charge in [0.25, 0.3) is 0 Å². The predicted molar refractivity (Wildman–Crippen MR) is 94.2 cm³/mol. The quantitative estimate of drug-likeness (QED) is 0.689. The molecule has 0 spiro atoms. The minimum atomic E-state index is 0.882. The van der Waals surface area contributed by atoms with E-state index in [4.69, 9.17) is 4.74 Å². The Kier molecular flexibility index (Phi) is 3.43. The molecule has 4 rings (SSSR count). The van der Waals surface area contributed by atoms with Crippen LogP contribution in [0.2, 0.25) is 0 Å². The summed E-state index contributed by atoms with van der Waals surface area (Å²) in [5, 5.41) is 0. The molecule has 0 saturated heterocycles. The molecular weight excluding hydrogens is 282 g/mol. The molecule has 0 unspecified atom stereocenters. The molecule has 2 heteroatoms. The van der Waals surface area contributed by atoms with E-state index in [0.717, 1.165) is 12.2 Å². The Hall–Kier alpha value is -2.87. The van der Waals surface area contributed by atoms with Gasteiger partial charge < -0.3 is 4.74 Å². The van der Waals surface area contributed by atoms with E-state index in [1.165, 1.54) is 33.4 Å². The van der Waals surface area contributed by atoms with Gasteiger partial charge in [-0.05, 0) is 51.6 Å². The first-order chi connectivity index (χ1) is 11.3. The molecule has 2 aromatic carbocycles. The van der Waals surface area contributed by atoms with Gasteiger partial charge in [0.1, 0.15) is 5.75 Å². The fourth-order valence-electron chi connectivity index (χ4n) is 3.02. The number of fused-ring (bicyclic) bond motifs is 1. The third kappa shape index (κ3) is 2.64. The molecule has 0 radical (unpaired) electrons. The summed E-state index contributed by atoms with van der Waals surface area (Å²) in [7, 11) is 1.69. The van der Waals surface area contributed by atoms with Crippen molar-refractivity contribution in [2.45, 2.75) is 6.42 Å². The fraction of sp³-hybridized carbons (Fsp3) is 0.0952. The van der Waals surface area contributed by atoms with Crippen LogP contribution in [0.15, 0.2) is 67.0 Å². The summed E-state index contributed by atoms with van der Waals surface area (Å²) in [6.07, 6.45) is 7.04. The maximum atomic E-state index is 5.21. The van der Waals surface area contributed by atoms with Crippen LogP contribution in [0.4, 0.5) is 0 Å². The minimum absolute atomic E-state index is 0.882. The Bertz CT molecular complexity index is 861. The number of rotatable bonds is 3. The number of pyridine rings is 1. The zero-order valence-electron chi connectivity index (χ0n) is 13.0. The van der Waals surface area contributed by atoms with Crippen LogP contribution in [0.3, 0.4) is 0 Å². The Morgan fingerprint density at radius 2 is 1.48 bits per heavy atom. The van der Waals surface area contributed by atoms with E-state index in [-0.39, 0.29) is 0 Å². The Morgan fingerprint density at radius 1 is 0.826 bits per heavy atom. The maximum absolute atomic E-state index is 5.21. The van der Waals surface area contributed by atoms with E-state index < -0.39 is 0 Å². The number of methoxy groups -OCH3 is 1. The molecule has 23 heavy (non-hydrogen) atoms. The molecule has 0 amide bonds. The minimum Gasteiger partial charge on any atom is -0.497 e. The lowest BCUT2D eigenvalue weighted by atomic mass is 9.99. The highest BCUT2D eigenvalue weighted by Crippen LogP contribution is 2.32. The van der Waals surface area contributed by atoms with Gasteiger partial charge in [-0.2, -0.15) is 0 Å². The SMILES string of the molecule is COc1ccc(-c2ccc(C3=Cc4ccncc4C3)cc2)cc1. The first-order valence-corrected chi connectivity index (χ1v) is 7.72. The molecular formula is C21H17NO. The van der Waals surface area contributed by atoms with Crippen molar-refractivity contribution >= 4 is 11.6 Å². The molecule has 0 aliphatic heterocycles. The van der Waals surface area contributed by atoms with E-state index in [0.29, 0.717) is 0 Å². The summed E-state index contributed by atoms with van der Waals surface area (Å²) in [6, 6.07) is 19.0. The summed E-state index contributed by atoms with van der Waals surface area (Å²) < 4.78 is 5.21. The van der Waals surface area contributed by atoms with Crippen molar-refractivity contribution in [2.75, 3.05) is 7.11 Å². The molecule has 0 N–H and O–H groups in total. The summed E-state index contributed by atoms with van der Waals surface area (Å²) in [6.45, 7) is 0. The van der Waals surface area contributed by atoms with Crippen LogP contribution in [0.5, 0.6) is 5.75 Å². The Labute approximate surface area is 136 Å². The molecule has 1 aromatic heterocycles. The van der Waals surface area contributed by atoms with Crippen LogP contribution in [-0.2, 0) is 6.42 Å². The third-order valence-corrected chi connectivity index (χ3v) is 4.33. The standard InChI is InChI=1S/C21H17NO/c1-23-21-8-6-16(7-9-21)15-2-4-17(5-3-15)19-12-18-10-11-22-14-20(18)13-19/h2-12,14H,13H2,1H3. The van der Waals surface area contributed by atoms with Crippen molar-refractivity contribution in [1.29, 1.82) is 0 Å². The van der Waals surface area contributed by atoms with Gasteiger partial charge in [0.05, 0.1) is 7.11 Å². The van der Waals surface area contributed by atoms with Gasteiger partial charge in [-0.3, -0.25) is 4.98 Å². The van der Waals surface area contributed by atoms with Gasteiger partial charge in [0.2, 0.25) is 0 Å². The number of hydrogen-bond donors (Lipinski definition) is 0. The van der Waals surface area contributed by atoms with Gasteiger partial charge in [0.15, 0.2) is 0 Å². The van der Waals surface area contributed by atoms with Crippen LogP contribution < -0.4 is 4.74 Å². The lowest BCUT2D eigenvalue weighted by Gasteiger charge is -2.06. The highest BCUT2D eigenvalue weighted by Gasteiger charge is 2.13. The second-order valence-electron chi connectivity index (χ2n) is 5.73. The van der Waals surface area contributed by atoms with E-state index in [1.54, 1.807) is 7.11 Å². The molecule has 0 saturated carbocycles. The zero-order chi connectivity index (χ0) is 15.6. The van der Waals surface area contributed by atoms with Gasteiger partial charge in [0, 0.05) is 18.8 Å². The van der Waals surface area contributed by atoms with Gasteiger partial charge in [-0.25, -0.2) is 0 Å². The summed E-state index contributed by atoms with van der Waals surface area (Å²) >= 11 is 0. The third-order valence-electron chi connectivity index (χ3n) is 4.33. The predicted octanol–water partition coefficient (Wildman–Crippen LogP) is 4.85. The summed E-state index contributed by atoms with van der Waals surface area (Å²) in [5.74, 6) is 0.882. The molecule has 3 aromatic rings. The number of nitrogens with zero attached hydrogens (tertiary/aromatic N) is 1. The van der Waals surface area contributed by atoms with Gasteiger partial charge >= 0.3 is 0 Å². The van der Waals surface area contributed by atoms with Crippen LogP contribution >= 0.6 is 0 Å². The summed E-state index contributed by atoms with van der Waals surface area (Å²) in [5.41, 5.74) is 7.64. The van der Waals surface area contributed by atoms with Crippen LogP contribution in [-0.4, -0.2) is 12.1 Å². The fourth-order valence-corrected chi connectivity index (χ4v) is 3.02. The average Bonchev–Trinajstić information content (AvgIpc) is 3.06. The smallest absolute Gasteiger partial charge is 0.118 e. The highest BCUT2D eigenvalue weighted by molar-refractivity contribution is 5.88. The van der Waals surface area contributed by atoms with E-state index in [9.17, 15) is 0 Å². The van der Waals surface area contributed by atoms with Crippen molar-refractivity contribution in [1.82, 2.24) is 4.98 Å². The molecule has 0 fully saturated rings. The largest absolute Gasteiger partial charge is 0.497 e. The first kappa shape index (κ1) is 13.8. The van der Waals surface area contributed by atoms with E-state index in [1.807, 2.05) is 24.5 Å². The van der Waals surface area contributed by atoms with Crippen molar-refractivity contribution in [2.24, 2.45) is 0 Å². The van der Waals surface area contributed by atoms with Gasteiger partial charge in [-0.1, -0.05) is 42.5 Å². The lowest BCUT2D eigenvalue weighted by molar-refractivity contribution is 0.415. The van der Waals surface area contributed by atoms with Crippen LogP contribution in [0, 0.1) is 0 Å². The van der Waals surface area contributed by atoms with E-state index >= 15 is 0 Å². The average molecular weight is 299 g/mol. The normalized spacial score (nSPS) is 12.7. The zero-order valence-corrected chi connectivity index (χ0v) is 13.0. The van der Waals surface area contributed by atoms with Crippen LogP contribution in [0.25, 0.3) is 22.8 Å². The molecule has 1 aliphatic carbocycles. The van der Waals surface area contributed by atoms with E-state index in [2.05, 4.69) is 53.5 Å². The molecule has 0 atom stereocenters. The number of aromatic nitrogens is 1. The first-order valence-electron chi connectivity index (χ1n) is 7.72. The number of ether oxygens (including phenoxy) is 1. The molecule has 1 heterocycles. The maximum Gasteiger partial charge on any atom is 0.118 e. The van der Waals surface area contributed by atoms with Crippen molar-refractivity contribution in [3.63, 3.8) is 0 Å². The van der Waals surface area contributed by atoms with Crippen molar-refractivity contribution in [3.8, 4) is 16.9 Å². The number of hydrogen-bond acceptors (Lipinski definition) is 2. The Morgan fingerprint density at radius 3 is 2.13 bits per heavy atom. The topological polar surface area (TPSA) is 22.1 Å². The van der Waals surface area contributed by atoms with Crippen molar-refractivity contribution in [3.05, 3.63) is 83.7 Å². The molecule has 0 bridgehead atoms. The molecule has 1 aliphatic rings. The second-order valence-corrected chi connectivity index (χ2v) is 5.73. The Balaban J connectivity index is 1.59. The molecule has 2 nitrogen and oxygen atoms in total. The van der Waals surface area contributed by atoms with Crippen LogP contribution in [0.1, 0.15) is 16.7 Å². The summed E-state index contributed by atoms with van der Waals surface area (Å²) in [4.78, 5) is 4.21. The highest BCUT2D eigenvalue weighted by atomic mass is 16.5. The molecule has 112 valence electrons. The monoisotopic (exact) mass is 299 g/mol. The second kappa shape index (κ2) is 5.73. The number of benzene rings is 2.